The first-order chi connectivity index (χ1) is 15.6. The summed E-state index contributed by atoms with van der Waals surface area (Å²) in [6, 6.07) is 6.71. The lowest BCUT2D eigenvalue weighted by Gasteiger charge is -2.10. The molecule has 4 aromatic rings. The normalized spacial score (nSPS) is 11.6. The molecule has 0 unspecified atom stereocenters. The van der Waals surface area contributed by atoms with Crippen LogP contribution in [0.5, 0.6) is 0 Å². The third kappa shape index (κ3) is 4.64. The summed E-state index contributed by atoms with van der Waals surface area (Å²) in [4.78, 5) is 21.4. The maximum absolute atomic E-state index is 13.8. The molecule has 0 aliphatic rings. The summed E-state index contributed by atoms with van der Waals surface area (Å²) in [6.45, 7) is 7.63. The molecule has 1 N–H and O–H groups in total. The third-order valence-corrected chi connectivity index (χ3v) is 5.02. The van der Waals surface area contributed by atoms with Crippen molar-refractivity contribution in [3.63, 3.8) is 0 Å². The summed E-state index contributed by atoms with van der Waals surface area (Å²) in [7, 11) is 0. The van der Waals surface area contributed by atoms with E-state index >= 15 is 0 Å². The van der Waals surface area contributed by atoms with E-state index in [4.69, 9.17) is 4.52 Å². The van der Waals surface area contributed by atoms with Crippen molar-refractivity contribution in [1.29, 1.82) is 0 Å². The van der Waals surface area contributed by atoms with E-state index in [9.17, 15) is 13.6 Å². The maximum atomic E-state index is 13.8. The smallest absolute Gasteiger partial charge is 0.259 e. The molecule has 0 aliphatic heterocycles. The van der Waals surface area contributed by atoms with Gasteiger partial charge in [-0.3, -0.25) is 4.79 Å². The van der Waals surface area contributed by atoms with Crippen LogP contribution in [-0.4, -0.2) is 30.8 Å². The molecular weight excluding hydrogens is 430 g/mol. The molecule has 4 rings (SSSR count). The fourth-order valence-electron chi connectivity index (χ4n) is 3.08. The Hall–Kier alpha value is -3.95. The fourth-order valence-corrected chi connectivity index (χ4v) is 3.08. The highest BCUT2D eigenvalue weighted by Gasteiger charge is 2.22. The molecule has 3 aromatic heterocycles. The minimum atomic E-state index is -0.720. The van der Waals surface area contributed by atoms with E-state index in [1.165, 1.54) is 16.9 Å². The van der Waals surface area contributed by atoms with Gasteiger partial charge in [0.15, 0.2) is 11.6 Å². The van der Waals surface area contributed by atoms with E-state index in [1.807, 2.05) is 20.8 Å². The number of nitrogens with zero attached hydrogens (tertiary/aromatic N) is 5. The lowest BCUT2D eigenvalue weighted by atomic mass is 9.96. The average Bonchev–Trinajstić information content (AvgIpc) is 3.40. The van der Waals surface area contributed by atoms with E-state index in [2.05, 4.69) is 25.5 Å². The number of carbonyl (C=O) groups is 1. The van der Waals surface area contributed by atoms with Gasteiger partial charge in [0, 0.05) is 29.8 Å². The first-order valence-corrected chi connectivity index (χ1v) is 10.2. The molecule has 0 radical (unpaired) electrons. The van der Waals surface area contributed by atoms with Crippen LogP contribution in [0.3, 0.4) is 0 Å². The zero-order valence-electron chi connectivity index (χ0n) is 18.6. The first-order valence-electron chi connectivity index (χ1n) is 10.2. The molecule has 1 amide bonds. The number of rotatable bonds is 5. The van der Waals surface area contributed by atoms with E-state index in [0.29, 0.717) is 34.4 Å². The van der Waals surface area contributed by atoms with Crippen LogP contribution >= 0.6 is 0 Å². The zero-order valence-corrected chi connectivity index (χ0v) is 18.6. The molecule has 0 saturated heterocycles. The van der Waals surface area contributed by atoms with Gasteiger partial charge in [-0.15, -0.1) is 0 Å². The summed E-state index contributed by atoms with van der Waals surface area (Å²) < 4.78 is 33.7. The van der Waals surface area contributed by atoms with Crippen LogP contribution in [0.2, 0.25) is 0 Å². The molecule has 0 spiro atoms. The van der Waals surface area contributed by atoms with Crippen LogP contribution in [0.15, 0.2) is 47.2 Å². The number of aromatic nitrogens is 5. The van der Waals surface area contributed by atoms with Crippen LogP contribution in [0.25, 0.3) is 17.3 Å². The fraction of sp³-hybridized carbons (Fsp3) is 0.261. The van der Waals surface area contributed by atoms with Crippen molar-refractivity contribution in [2.45, 2.75) is 39.7 Å². The molecule has 0 saturated carbocycles. The first kappa shape index (κ1) is 22.3. The molecule has 0 aliphatic carbocycles. The summed E-state index contributed by atoms with van der Waals surface area (Å²) >= 11 is 0. The Balaban J connectivity index is 1.49. The topological polar surface area (TPSA) is 98.7 Å². The van der Waals surface area contributed by atoms with Gasteiger partial charge in [-0.2, -0.15) is 10.1 Å². The number of halogens is 2. The zero-order chi connectivity index (χ0) is 23.8. The Morgan fingerprint density at radius 2 is 1.94 bits per heavy atom. The Morgan fingerprint density at radius 3 is 2.58 bits per heavy atom. The largest absolute Gasteiger partial charge is 0.348 e. The minimum absolute atomic E-state index is 0.0801. The highest BCUT2D eigenvalue weighted by molar-refractivity contribution is 5.95. The van der Waals surface area contributed by atoms with Crippen LogP contribution in [0.1, 0.15) is 48.2 Å². The maximum Gasteiger partial charge on any atom is 0.259 e. The lowest BCUT2D eigenvalue weighted by molar-refractivity contribution is 0.0950. The minimum Gasteiger partial charge on any atom is -0.348 e. The van der Waals surface area contributed by atoms with Gasteiger partial charge in [-0.25, -0.2) is 18.4 Å². The number of nitrogens with one attached hydrogen (secondary N) is 1. The predicted molar refractivity (Wildman–Crippen MR) is 116 cm³/mol. The second-order valence-electron chi connectivity index (χ2n) is 8.55. The summed E-state index contributed by atoms with van der Waals surface area (Å²) in [6.07, 6.45) is 3.00. The highest BCUT2D eigenvalue weighted by atomic mass is 19.1. The number of hydrogen-bond acceptors (Lipinski definition) is 6. The molecule has 0 atom stereocenters. The van der Waals surface area contributed by atoms with Crippen molar-refractivity contribution in [3.8, 4) is 17.3 Å². The van der Waals surface area contributed by atoms with Crippen LogP contribution in [-0.2, 0) is 12.0 Å². The SMILES string of the molecule is Cc1c(C(=O)NCc2ccc(F)cc2F)cnn1-c1ccc(-c2nc(C(C)(C)C)no2)cn1. The molecule has 0 bridgehead atoms. The number of amides is 1. The second-order valence-corrected chi connectivity index (χ2v) is 8.55. The van der Waals surface area contributed by atoms with E-state index < -0.39 is 17.5 Å². The van der Waals surface area contributed by atoms with E-state index in [-0.39, 0.29) is 17.5 Å². The van der Waals surface area contributed by atoms with Gasteiger partial charge in [0.2, 0.25) is 0 Å². The second kappa shape index (κ2) is 8.53. The number of carbonyl (C=O) groups excluding carboxylic acids is 1. The van der Waals surface area contributed by atoms with Crippen molar-refractivity contribution in [2.75, 3.05) is 0 Å². The molecule has 0 fully saturated rings. The predicted octanol–water partition coefficient (Wildman–Crippen LogP) is 4.13. The quantitative estimate of drug-likeness (QED) is 0.489. The number of pyridine rings is 1. The van der Waals surface area contributed by atoms with Crippen molar-refractivity contribution < 1.29 is 18.1 Å². The number of hydrogen-bond donors (Lipinski definition) is 1. The van der Waals surface area contributed by atoms with Gasteiger partial charge in [0.25, 0.3) is 11.8 Å². The summed E-state index contributed by atoms with van der Waals surface area (Å²) in [5.74, 6) is -0.366. The molecule has 10 heteroatoms. The Morgan fingerprint density at radius 1 is 1.15 bits per heavy atom. The average molecular weight is 452 g/mol. The van der Waals surface area contributed by atoms with Gasteiger partial charge >= 0.3 is 0 Å². The molecular formula is C23H22F2N6O2. The van der Waals surface area contributed by atoms with Gasteiger partial charge in [-0.05, 0) is 25.1 Å². The monoisotopic (exact) mass is 452 g/mol. The van der Waals surface area contributed by atoms with E-state index in [1.54, 1.807) is 25.3 Å². The number of benzene rings is 1. The van der Waals surface area contributed by atoms with Gasteiger partial charge in [0.05, 0.1) is 23.0 Å². The molecule has 1 aromatic carbocycles. The summed E-state index contributed by atoms with van der Waals surface area (Å²) in [5.41, 5.74) is 1.48. The van der Waals surface area contributed by atoms with Crippen LogP contribution in [0, 0.1) is 18.6 Å². The Labute approximate surface area is 188 Å². The summed E-state index contributed by atoms with van der Waals surface area (Å²) in [5, 5.41) is 10.9. The van der Waals surface area contributed by atoms with Gasteiger partial charge in [0.1, 0.15) is 11.6 Å². The molecule has 8 nitrogen and oxygen atoms in total. The third-order valence-electron chi connectivity index (χ3n) is 5.02. The van der Waals surface area contributed by atoms with Crippen molar-refractivity contribution in [3.05, 3.63) is 77.0 Å². The Kier molecular flexibility index (Phi) is 5.75. The van der Waals surface area contributed by atoms with Crippen LogP contribution < -0.4 is 5.32 Å². The molecule has 170 valence electrons. The van der Waals surface area contributed by atoms with Gasteiger partial charge in [-0.1, -0.05) is 32.0 Å². The van der Waals surface area contributed by atoms with E-state index in [0.717, 1.165) is 12.1 Å². The van der Waals surface area contributed by atoms with Crippen molar-refractivity contribution in [2.24, 2.45) is 0 Å². The van der Waals surface area contributed by atoms with Crippen molar-refractivity contribution in [1.82, 2.24) is 30.2 Å². The Bertz CT molecular complexity index is 1310. The highest BCUT2D eigenvalue weighted by Crippen LogP contribution is 2.24. The molecule has 33 heavy (non-hydrogen) atoms. The standard InChI is InChI=1S/C23H22F2N6O2/c1-13-17(20(32)27-10-14-5-7-16(24)9-18(14)25)12-28-31(13)19-8-6-15(11-26-19)21-29-22(30-33-21)23(2,3)4/h5-9,11-12H,10H2,1-4H3,(H,27,32). The lowest BCUT2D eigenvalue weighted by Crippen LogP contribution is -2.24. The van der Waals surface area contributed by atoms with Crippen molar-refractivity contribution >= 4 is 5.91 Å². The molecule has 3 heterocycles. The van der Waals surface area contributed by atoms with Crippen LogP contribution in [0.4, 0.5) is 8.78 Å². The van der Waals surface area contributed by atoms with Gasteiger partial charge < -0.3 is 9.84 Å².